The third-order valence-corrected chi connectivity index (χ3v) is 2.79. The summed E-state index contributed by atoms with van der Waals surface area (Å²) in [5, 5.41) is 3.50. The maximum Gasteiger partial charge on any atom is 0.142 e. The number of nitrogens with one attached hydrogen (secondary N) is 1. The molecule has 1 N–H and O–H groups in total. The minimum atomic E-state index is 0.397. The van der Waals surface area contributed by atoms with E-state index in [4.69, 9.17) is 4.74 Å². The summed E-state index contributed by atoms with van der Waals surface area (Å²) in [7, 11) is 1.71. The van der Waals surface area contributed by atoms with E-state index in [0.717, 1.165) is 11.4 Å². The number of hydrogen-bond donors (Lipinski definition) is 1. The summed E-state index contributed by atoms with van der Waals surface area (Å²) < 4.78 is 5.34. The van der Waals surface area contributed by atoms with Crippen molar-refractivity contribution in [3.05, 3.63) is 29.8 Å². The SMILES string of the molecule is COc1cccc2c1NC(C(C)C)C=C2. The van der Waals surface area contributed by atoms with Crippen molar-refractivity contribution in [3.63, 3.8) is 0 Å². The molecule has 2 heteroatoms. The van der Waals surface area contributed by atoms with Gasteiger partial charge in [0, 0.05) is 11.6 Å². The van der Waals surface area contributed by atoms with Gasteiger partial charge in [-0.25, -0.2) is 0 Å². The fourth-order valence-electron chi connectivity index (χ4n) is 1.82. The van der Waals surface area contributed by atoms with Crippen LogP contribution >= 0.6 is 0 Å². The number of fused-ring (bicyclic) bond motifs is 1. The highest BCUT2D eigenvalue weighted by Crippen LogP contribution is 2.33. The molecule has 1 aromatic carbocycles. The lowest BCUT2D eigenvalue weighted by Crippen LogP contribution is -2.25. The Bertz CT molecular complexity index is 382. The number of para-hydroxylation sites is 1. The van der Waals surface area contributed by atoms with E-state index in [1.54, 1.807) is 7.11 Å². The van der Waals surface area contributed by atoms with Crippen LogP contribution in [0.1, 0.15) is 19.4 Å². The van der Waals surface area contributed by atoms with E-state index < -0.39 is 0 Å². The molecule has 1 unspecified atom stereocenters. The van der Waals surface area contributed by atoms with Gasteiger partial charge < -0.3 is 10.1 Å². The van der Waals surface area contributed by atoms with Gasteiger partial charge in [0.2, 0.25) is 0 Å². The number of methoxy groups -OCH3 is 1. The second-order valence-electron chi connectivity index (χ2n) is 4.20. The molecule has 0 aromatic heterocycles. The maximum absolute atomic E-state index is 5.34. The van der Waals surface area contributed by atoms with Gasteiger partial charge >= 0.3 is 0 Å². The van der Waals surface area contributed by atoms with Gasteiger partial charge in [0.1, 0.15) is 5.75 Å². The molecule has 0 radical (unpaired) electrons. The molecule has 0 fully saturated rings. The fraction of sp³-hybridized carbons (Fsp3) is 0.385. The van der Waals surface area contributed by atoms with Crippen LogP contribution in [0, 0.1) is 5.92 Å². The average molecular weight is 203 g/mol. The zero-order valence-corrected chi connectivity index (χ0v) is 9.45. The Morgan fingerprint density at radius 2 is 2.13 bits per heavy atom. The van der Waals surface area contributed by atoms with Crippen LogP contribution in [0.5, 0.6) is 5.75 Å². The fourth-order valence-corrected chi connectivity index (χ4v) is 1.82. The summed E-state index contributed by atoms with van der Waals surface area (Å²) in [6.07, 6.45) is 4.38. The molecule has 0 aliphatic carbocycles. The predicted molar refractivity (Wildman–Crippen MR) is 64.3 cm³/mol. The molecule has 0 bridgehead atoms. The second-order valence-corrected chi connectivity index (χ2v) is 4.20. The number of benzene rings is 1. The molecule has 1 aromatic rings. The predicted octanol–water partition coefficient (Wildman–Crippen LogP) is 3.16. The van der Waals surface area contributed by atoms with E-state index >= 15 is 0 Å². The van der Waals surface area contributed by atoms with Crippen LogP contribution in [0.4, 0.5) is 5.69 Å². The zero-order valence-electron chi connectivity index (χ0n) is 9.45. The minimum Gasteiger partial charge on any atom is -0.495 e. The summed E-state index contributed by atoms with van der Waals surface area (Å²) >= 11 is 0. The van der Waals surface area contributed by atoms with Gasteiger partial charge in [-0.3, -0.25) is 0 Å². The molecule has 1 aliphatic heterocycles. The second kappa shape index (κ2) is 3.97. The average Bonchev–Trinajstić information content (AvgIpc) is 2.27. The van der Waals surface area contributed by atoms with Crippen LogP contribution in [0.3, 0.4) is 0 Å². The van der Waals surface area contributed by atoms with Gasteiger partial charge in [-0.05, 0) is 12.0 Å². The molecule has 1 atom stereocenters. The molecule has 0 amide bonds. The van der Waals surface area contributed by atoms with Crippen molar-refractivity contribution in [1.29, 1.82) is 0 Å². The first kappa shape index (κ1) is 10.1. The van der Waals surface area contributed by atoms with Crippen LogP contribution < -0.4 is 10.1 Å². The zero-order chi connectivity index (χ0) is 10.8. The largest absolute Gasteiger partial charge is 0.495 e. The summed E-state index contributed by atoms with van der Waals surface area (Å²) in [5.74, 6) is 1.50. The Labute approximate surface area is 91.0 Å². The van der Waals surface area contributed by atoms with E-state index in [1.165, 1.54) is 5.56 Å². The van der Waals surface area contributed by atoms with E-state index in [0.29, 0.717) is 12.0 Å². The molecule has 0 saturated heterocycles. The van der Waals surface area contributed by atoms with E-state index in [9.17, 15) is 0 Å². The number of ether oxygens (including phenoxy) is 1. The van der Waals surface area contributed by atoms with Crippen LogP contribution in [0.2, 0.25) is 0 Å². The van der Waals surface area contributed by atoms with Crippen molar-refractivity contribution < 1.29 is 4.74 Å². The maximum atomic E-state index is 5.34. The lowest BCUT2D eigenvalue weighted by atomic mass is 9.97. The van der Waals surface area contributed by atoms with Gasteiger partial charge in [0.25, 0.3) is 0 Å². The Kier molecular flexibility index (Phi) is 2.67. The van der Waals surface area contributed by atoms with Crippen molar-refractivity contribution in [2.24, 2.45) is 5.92 Å². The highest BCUT2D eigenvalue weighted by molar-refractivity contribution is 5.76. The summed E-state index contributed by atoms with van der Waals surface area (Å²) in [5.41, 5.74) is 2.31. The highest BCUT2D eigenvalue weighted by atomic mass is 16.5. The van der Waals surface area contributed by atoms with Gasteiger partial charge in [0.15, 0.2) is 0 Å². The Balaban J connectivity index is 2.37. The van der Waals surface area contributed by atoms with Crippen molar-refractivity contribution in [3.8, 4) is 5.75 Å². The number of anilines is 1. The van der Waals surface area contributed by atoms with Gasteiger partial charge in [-0.1, -0.05) is 38.1 Å². The highest BCUT2D eigenvalue weighted by Gasteiger charge is 2.17. The van der Waals surface area contributed by atoms with Crippen LogP contribution in [0.25, 0.3) is 6.08 Å². The molecule has 1 heterocycles. The molecule has 1 aliphatic rings. The summed E-state index contributed by atoms with van der Waals surface area (Å²) in [6.45, 7) is 4.42. The molecular formula is C13H17NO. The molecule has 0 saturated carbocycles. The van der Waals surface area contributed by atoms with Crippen molar-refractivity contribution in [1.82, 2.24) is 0 Å². The van der Waals surface area contributed by atoms with E-state index in [-0.39, 0.29) is 0 Å². The van der Waals surface area contributed by atoms with Crippen LogP contribution in [0.15, 0.2) is 24.3 Å². The third kappa shape index (κ3) is 1.84. The molecule has 0 spiro atoms. The Morgan fingerprint density at radius 3 is 2.80 bits per heavy atom. The quantitative estimate of drug-likeness (QED) is 0.797. The Hall–Kier alpha value is -1.44. The first-order chi connectivity index (χ1) is 7.22. The van der Waals surface area contributed by atoms with Gasteiger partial charge in [0.05, 0.1) is 12.8 Å². The molecular weight excluding hydrogens is 186 g/mol. The Morgan fingerprint density at radius 1 is 1.33 bits per heavy atom. The first-order valence-corrected chi connectivity index (χ1v) is 5.34. The molecule has 2 nitrogen and oxygen atoms in total. The third-order valence-electron chi connectivity index (χ3n) is 2.79. The van der Waals surface area contributed by atoms with Gasteiger partial charge in [-0.2, -0.15) is 0 Å². The normalized spacial score (nSPS) is 18.5. The lowest BCUT2D eigenvalue weighted by Gasteiger charge is -2.26. The summed E-state index contributed by atoms with van der Waals surface area (Å²) in [4.78, 5) is 0. The smallest absolute Gasteiger partial charge is 0.142 e. The standard InChI is InChI=1S/C13H17NO/c1-9(2)11-8-7-10-5-4-6-12(15-3)13(10)14-11/h4-9,11,14H,1-3H3. The van der Waals surface area contributed by atoms with Gasteiger partial charge in [-0.15, -0.1) is 0 Å². The lowest BCUT2D eigenvalue weighted by molar-refractivity contribution is 0.415. The van der Waals surface area contributed by atoms with Crippen LogP contribution in [-0.4, -0.2) is 13.2 Å². The molecule has 80 valence electrons. The topological polar surface area (TPSA) is 21.3 Å². The number of hydrogen-bond acceptors (Lipinski definition) is 2. The van der Waals surface area contributed by atoms with Crippen molar-refractivity contribution in [2.45, 2.75) is 19.9 Å². The van der Waals surface area contributed by atoms with E-state index in [1.807, 2.05) is 12.1 Å². The first-order valence-electron chi connectivity index (χ1n) is 5.34. The van der Waals surface area contributed by atoms with Crippen molar-refractivity contribution >= 4 is 11.8 Å². The minimum absolute atomic E-state index is 0.397. The van der Waals surface area contributed by atoms with E-state index in [2.05, 4.69) is 37.4 Å². The molecule has 2 rings (SSSR count). The van der Waals surface area contributed by atoms with Crippen LogP contribution in [-0.2, 0) is 0 Å². The summed E-state index contributed by atoms with van der Waals surface area (Å²) in [6, 6.07) is 6.49. The monoisotopic (exact) mass is 203 g/mol. The van der Waals surface area contributed by atoms with Crippen molar-refractivity contribution in [2.75, 3.05) is 12.4 Å². The molecule has 15 heavy (non-hydrogen) atoms. The number of rotatable bonds is 2.